The molecule has 4 nitrogen and oxygen atoms in total. The van der Waals surface area contributed by atoms with Gasteiger partial charge in [0.1, 0.15) is 0 Å². The average Bonchev–Trinajstić information content (AvgIpc) is 2.78. The number of amides is 1. The summed E-state index contributed by atoms with van der Waals surface area (Å²) in [5, 5.41) is 0. The summed E-state index contributed by atoms with van der Waals surface area (Å²) in [6, 6.07) is 0.235. The highest BCUT2D eigenvalue weighted by atomic mass is 16.2. The van der Waals surface area contributed by atoms with Gasteiger partial charge in [-0.2, -0.15) is 0 Å². The van der Waals surface area contributed by atoms with Gasteiger partial charge >= 0.3 is 0 Å². The normalized spacial score (nSPS) is 18.1. The van der Waals surface area contributed by atoms with Crippen molar-refractivity contribution in [2.45, 2.75) is 39.2 Å². The van der Waals surface area contributed by atoms with E-state index < -0.39 is 0 Å². The first-order chi connectivity index (χ1) is 8.00. The van der Waals surface area contributed by atoms with Gasteiger partial charge in [-0.1, -0.05) is 13.8 Å². The minimum absolute atomic E-state index is 0.235. The van der Waals surface area contributed by atoms with Gasteiger partial charge in [0, 0.05) is 19.1 Å². The Labute approximate surface area is 105 Å². The van der Waals surface area contributed by atoms with Crippen molar-refractivity contribution in [3.63, 3.8) is 0 Å². The first kappa shape index (κ1) is 14.5. The maximum absolute atomic E-state index is 11.9. The van der Waals surface area contributed by atoms with E-state index in [-0.39, 0.29) is 11.9 Å². The van der Waals surface area contributed by atoms with Gasteiger partial charge in [-0.05, 0) is 38.8 Å². The summed E-state index contributed by atoms with van der Waals surface area (Å²) in [6.45, 7) is 7.60. The number of likely N-dealkylation sites (N-methyl/N-ethyl adjacent to an activating group) is 1. The van der Waals surface area contributed by atoms with E-state index in [9.17, 15) is 4.79 Å². The highest BCUT2D eigenvalue weighted by Gasteiger charge is 2.19. The fourth-order valence-corrected chi connectivity index (χ4v) is 2.08. The number of rotatable bonds is 6. The monoisotopic (exact) mass is 241 g/mol. The summed E-state index contributed by atoms with van der Waals surface area (Å²) in [7, 11) is 2.00. The Bertz CT molecular complexity index is 237. The minimum atomic E-state index is 0.235. The molecule has 0 radical (unpaired) electrons. The third-order valence-corrected chi connectivity index (χ3v) is 3.56. The lowest BCUT2D eigenvalue weighted by atomic mass is 10.0. The van der Waals surface area contributed by atoms with Crippen molar-refractivity contribution < 1.29 is 4.79 Å². The summed E-state index contributed by atoms with van der Waals surface area (Å²) < 4.78 is 0. The van der Waals surface area contributed by atoms with E-state index in [2.05, 4.69) is 18.7 Å². The number of hydrogen-bond donors (Lipinski definition) is 1. The molecule has 0 aromatic heterocycles. The molecule has 1 saturated heterocycles. The molecule has 0 aliphatic carbocycles. The molecule has 0 saturated carbocycles. The summed E-state index contributed by atoms with van der Waals surface area (Å²) in [5.41, 5.74) is 6.00. The van der Waals surface area contributed by atoms with E-state index >= 15 is 0 Å². The number of carbonyl (C=O) groups is 1. The van der Waals surface area contributed by atoms with E-state index in [4.69, 9.17) is 5.73 Å². The third-order valence-electron chi connectivity index (χ3n) is 3.56. The second-order valence-electron chi connectivity index (χ2n) is 5.52. The summed E-state index contributed by atoms with van der Waals surface area (Å²) in [4.78, 5) is 15.9. The van der Waals surface area contributed by atoms with Crippen LogP contribution in [0, 0.1) is 5.92 Å². The molecule has 100 valence electrons. The first-order valence-corrected chi connectivity index (χ1v) is 6.72. The van der Waals surface area contributed by atoms with Gasteiger partial charge in [0.15, 0.2) is 0 Å². The number of hydrogen-bond acceptors (Lipinski definition) is 3. The predicted molar refractivity (Wildman–Crippen MR) is 70.7 cm³/mol. The molecule has 1 aliphatic rings. The average molecular weight is 241 g/mol. The minimum Gasteiger partial charge on any atom is -0.342 e. The van der Waals surface area contributed by atoms with E-state index in [0.717, 1.165) is 38.9 Å². The van der Waals surface area contributed by atoms with Crippen LogP contribution in [0.5, 0.6) is 0 Å². The van der Waals surface area contributed by atoms with Crippen molar-refractivity contribution in [3.05, 3.63) is 0 Å². The van der Waals surface area contributed by atoms with Crippen LogP contribution in [-0.2, 0) is 4.79 Å². The lowest BCUT2D eigenvalue weighted by Gasteiger charge is -2.23. The van der Waals surface area contributed by atoms with E-state index in [1.165, 1.54) is 0 Å². The Kier molecular flexibility index (Phi) is 5.92. The van der Waals surface area contributed by atoms with Crippen LogP contribution >= 0.6 is 0 Å². The van der Waals surface area contributed by atoms with Crippen LogP contribution in [0.2, 0.25) is 0 Å². The molecular formula is C13H27N3O. The zero-order valence-electron chi connectivity index (χ0n) is 11.5. The standard InChI is InChI=1S/C13H27N3O/c1-11(2)12(14)6-9-15(3)10-13(17)16-7-4-5-8-16/h11-12H,4-10,14H2,1-3H3. The van der Waals surface area contributed by atoms with E-state index in [0.29, 0.717) is 12.5 Å². The van der Waals surface area contributed by atoms with Crippen LogP contribution in [0.1, 0.15) is 33.1 Å². The van der Waals surface area contributed by atoms with Crippen LogP contribution < -0.4 is 5.73 Å². The van der Waals surface area contributed by atoms with E-state index in [1.807, 2.05) is 11.9 Å². The highest BCUT2D eigenvalue weighted by Crippen LogP contribution is 2.08. The number of nitrogens with zero attached hydrogens (tertiary/aromatic N) is 2. The predicted octanol–water partition coefficient (Wildman–Crippen LogP) is 0.914. The van der Waals surface area contributed by atoms with Crippen molar-refractivity contribution in [1.82, 2.24) is 9.80 Å². The second-order valence-corrected chi connectivity index (χ2v) is 5.52. The van der Waals surface area contributed by atoms with Crippen LogP contribution in [-0.4, -0.2) is 55.0 Å². The molecular weight excluding hydrogens is 214 g/mol. The van der Waals surface area contributed by atoms with Gasteiger partial charge in [-0.25, -0.2) is 0 Å². The molecule has 1 unspecified atom stereocenters. The maximum atomic E-state index is 11.9. The van der Waals surface area contributed by atoms with Gasteiger partial charge in [-0.3, -0.25) is 9.69 Å². The molecule has 0 spiro atoms. The van der Waals surface area contributed by atoms with Crippen molar-refractivity contribution in [2.75, 3.05) is 33.2 Å². The first-order valence-electron chi connectivity index (χ1n) is 6.72. The molecule has 1 fully saturated rings. The molecule has 0 aromatic rings. The quantitative estimate of drug-likeness (QED) is 0.752. The Morgan fingerprint density at radius 2 is 1.94 bits per heavy atom. The van der Waals surface area contributed by atoms with Crippen LogP contribution in [0.25, 0.3) is 0 Å². The zero-order chi connectivity index (χ0) is 12.8. The van der Waals surface area contributed by atoms with Gasteiger partial charge in [-0.15, -0.1) is 0 Å². The molecule has 0 aromatic carbocycles. The maximum Gasteiger partial charge on any atom is 0.236 e. The molecule has 1 amide bonds. The van der Waals surface area contributed by atoms with Crippen LogP contribution in [0.15, 0.2) is 0 Å². The summed E-state index contributed by atoms with van der Waals surface area (Å²) in [6.07, 6.45) is 3.28. The van der Waals surface area contributed by atoms with Crippen LogP contribution in [0.3, 0.4) is 0 Å². The van der Waals surface area contributed by atoms with E-state index in [1.54, 1.807) is 0 Å². The molecule has 1 aliphatic heterocycles. The van der Waals surface area contributed by atoms with Crippen molar-refractivity contribution in [3.8, 4) is 0 Å². The fourth-order valence-electron chi connectivity index (χ4n) is 2.08. The molecule has 4 heteroatoms. The highest BCUT2D eigenvalue weighted by molar-refractivity contribution is 5.78. The molecule has 17 heavy (non-hydrogen) atoms. The van der Waals surface area contributed by atoms with Crippen molar-refractivity contribution in [1.29, 1.82) is 0 Å². The third kappa shape index (κ3) is 5.04. The van der Waals surface area contributed by atoms with Gasteiger partial charge in [0.25, 0.3) is 0 Å². The Morgan fingerprint density at radius 1 is 1.35 bits per heavy atom. The molecule has 1 heterocycles. The SMILES string of the molecule is CC(C)C(N)CCN(C)CC(=O)N1CCCC1. The second kappa shape index (κ2) is 6.97. The number of carbonyl (C=O) groups excluding carboxylic acids is 1. The van der Waals surface area contributed by atoms with Crippen molar-refractivity contribution in [2.24, 2.45) is 11.7 Å². The summed E-state index contributed by atoms with van der Waals surface area (Å²) in [5.74, 6) is 0.779. The van der Waals surface area contributed by atoms with Gasteiger partial charge in [0.2, 0.25) is 5.91 Å². The molecule has 2 N–H and O–H groups in total. The fraction of sp³-hybridized carbons (Fsp3) is 0.923. The Morgan fingerprint density at radius 3 is 2.47 bits per heavy atom. The topological polar surface area (TPSA) is 49.6 Å². The van der Waals surface area contributed by atoms with Gasteiger partial charge in [0.05, 0.1) is 6.54 Å². The zero-order valence-corrected chi connectivity index (χ0v) is 11.5. The molecule has 1 atom stereocenters. The largest absolute Gasteiger partial charge is 0.342 e. The number of likely N-dealkylation sites (tertiary alicyclic amines) is 1. The molecule has 1 rings (SSSR count). The Hall–Kier alpha value is -0.610. The van der Waals surface area contributed by atoms with Gasteiger partial charge < -0.3 is 10.6 Å². The smallest absolute Gasteiger partial charge is 0.236 e. The molecule has 0 bridgehead atoms. The van der Waals surface area contributed by atoms with Crippen molar-refractivity contribution >= 4 is 5.91 Å². The summed E-state index contributed by atoms with van der Waals surface area (Å²) >= 11 is 0. The lowest BCUT2D eigenvalue weighted by molar-refractivity contribution is -0.131. The Balaban J connectivity index is 2.19. The number of nitrogens with two attached hydrogens (primary N) is 1. The lowest BCUT2D eigenvalue weighted by Crippen LogP contribution is -2.39. The van der Waals surface area contributed by atoms with Crippen LogP contribution in [0.4, 0.5) is 0 Å².